The van der Waals surface area contributed by atoms with Crippen molar-refractivity contribution in [2.75, 3.05) is 18.1 Å². The average molecular weight is 284 g/mol. The van der Waals surface area contributed by atoms with Gasteiger partial charge in [-0.15, -0.1) is 0 Å². The second kappa shape index (κ2) is 5.35. The van der Waals surface area contributed by atoms with Crippen LogP contribution in [0.5, 0.6) is 0 Å². The topological polar surface area (TPSA) is 96.8 Å². The molecule has 1 amide bonds. The van der Waals surface area contributed by atoms with Crippen molar-refractivity contribution in [1.82, 2.24) is 4.98 Å². The molecule has 0 aromatic carbocycles. The molecule has 1 aliphatic rings. The third-order valence-electron chi connectivity index (χ3n) is 2.68. The third kappa shape index (κ3) is 2.73. The number of carboxylic acid groups (broad SMARTS) is 1. The summed E-state index contributed by atoms with van der Waals surface area (Å²) in [5.74, 6) is -2.51. The number of thiazole rings is 1. The third-order valence-corrected chi connectivity index (χ3v) is 3.68. The van der Waals surface area contributed by atoms with E-state index in [9.17, 15) is 14.4 Å². The summed E-state index contributed by atoms with van der Waals surface area (Å²) in [5.41, 5.74) is 0. The minimum atomic E-state index is -1.00. The van der Waals surface area contributed by atoms with Crippen LogP contribution in [0.15, 0.2) is 6.20 Å². The first-order valence-electron chi connectivity index (χ1n) is 5.69. The van der Waals surface area contributed by atoms with Gasteiger partial charge in [-0.3, -0.25) is 14.5 Å². The predicted octanol–water partition coefficient (Wildman–Crippen LogP) is 0.757. The van der Waals surface area contributed by atoms with E-state index in [1.165, 1.54) is 11.1 Å². The summed E-state index contributed by atoms with van der Waals surface area (Å²) < 4.78 is 4.82. The maximum Gasteiger partial charge on any atom is 0.350 e. The lowest BCUT2D eigenvalue weighted by Crippen LogP contribution is -2.25. The van der Waals surface area contributed by atoms with Crippen molar-refractivity contribution in [3.8, 4) is 0 Å². The summed E-state index contributed by atoms with van der Waals surface area (Å²) in [6, 6.07) is 0. The minimum absolute atomic E-state index is 0.0380. The molecule has 1 aliphatic heterocycles. The fraction of sp³-hybridized carbons (Fsp3) is 0.455. The molecule has 0 bridgehead atoms. The minimum Gasteiger partial charge on any atom is -0.481 e. The maximum absolute atomic E-state index is 11.7. The van der Waals surface area contributed by atoms with Gasteiger partial charge < -0.3 is 9.84 Å². The van der Waals surface area contributed by atoms with Crippen LogP contribution in [0.25, 0.3) is 0 Å². The molecule has 1 aromatic heterocycles. The fourth-order valence-corrected chi connectivity index (χ4v) is 2.58. The van der Waals surface area contributed by atoms with Crippen LogP contribution in [0.3, 0.4) is 0 Å². The van der Waals surface area contributed by atoms with Gasteiger partial charge in [0.25, 0.3) is 0 Å². The Morgan fingerprint density at radius 2 is 2.37 bits per heavy atom. The van der Waals surface area contributed by atoms with Gasteiger partial charge in [-0.1, -0.05) is 11.3 Å². The smallest absolute Gasteiger partial charge is 0.350 e. The first-order valence-corrected chi connectivity index (χ1v) is 6.50. The van der Waals surface area contributed by atoms with E-state index in [4.69, 9.17) is 9.84 Å². The van der Waals surface area contributed by atoms with Crippen LogP contribution in [-0.4, -0.2) is 41.1 Å². The molecule has 0 saturated carbocycles. The molecule has 1 aromatic rings. The van der Waals surface area contributed by atoms with E-state index in [1.807, 2.05) is 0 Å². The van der Waals surface area contributed by atoms with E-state index >= 15 is 0 Å². The Morgan fingerprint density at radius 1 is 1.63 bits per heavy atom. The highest BCUT2D eigenvalue weighted by atomic mass is 32.1. The molecule has 1 saturated heterocycles. The standard InChI is InChI=1S/C11H12N2O5S/c1-2-18-10(17)7-4-12-11(19-7)13-5-6(9(15)16)3-8(13)14/h4,6H,2-3,5H2,1H3,(H,15,16). The Balaban J connectivity index is 2.13. The van der Waals surface area contributed by atoms with Crippen LogP contribution >= 0.6 is 11.3 Å². The molecular weight excluding hydrogens is 272 g/mol. The summed E-state index contributed by atoms with van der Waals surface area (Å²) in [5, 5.41) is 9.22. The summed E-state index contributed by atoms with van der Waals surface area (Å²) in [6.07, 6.45) is 1.29. The van der Waals surface area contributed by atoms with Crippen molar-refractivity contribution in [1.29, 1.82) is 0 Å². The number of rotatable bonds is 4. The van der Waals surface area contributed by atoms with E-state index < -0.39 is 17.9 Å². The van der Waals surface area contributed by atoms with Gasteiger partial charge in [0.15, 0.2) is 5.13 Å². The predicted molar refractivity (Wildman–Crippen MR) is 66.2 cm³/mol. The first kappa shape index (κ1) is 13.5. The molecule has 0 aliphatic carbocycles. The molecular formula is C11H12N2O5S. The number of nitrogens with zero attached hydrogens (tertiary/aromatic N) is 2. The number of ether oxygens (including phenoxy) is 1. The molecule has 1 N–H and O–H groups in total. The molecule has 1 unspecified atom stereocenters. The van der Waals surface area contributed by atoms with E-state index in [0.717, 1.165) is 11.3 Å². The molecule has 1 atom stereocenters. The molecule has 0 radical (unpaired) electrons. The van der Waals surface area contributed by atoms with E-state index in [2.05, 4.69) is 4.98 Å². The van der Waals surface area contributed by atoms with Crippen molar-refractivity contribution in [2.45, 2.75) is 13.3 Å². The average Bonchev–Trinajstić information content (AvgIpc) is 2.95. The molecule has 8 heteroatoms. The number of aromatic nitrogens is 1. The largest absolute Gasteiger partial charge is 0.481 e. The van der Waals surface area contributed by atoms with Crippen LogP contribution in [-0.2, 0) is 14.3 Å². The number of hydrogen-bond acceptors (Lipinski definition) is 6. The van der Waals surface area contributed by atoms with E-state index in [-0.39, 0.29) is 25.5 Å². The second-order valence-electron chi connectivity index (χ2n) is 3.97. The highest BCUT2D eigenvalue weighted by molar-refractivity contribution is 7.17. The molecule has 2 heterocycles. The SMILES string of the molecule is CCOC(=O)c1cnc(N2CC(C(=O)O)CC2=O)s1. The van der Waals surface area contributed by atoms with Crippen molar-refractivity contribution in [2.24, 2.45) is 5.92 Å². The van der Waals surface area contributed by atoms with Gasteiger partial charge in [0.05, 0.1) is 18.7 Å². The number of carboxylic acids is 1. The van der Waals surface area contributed by atoms with Gasteiger partial charge in [0.1, 0.15) is 4.88 Å². The number of carbonyl (C=O) groups is 3. The zero-order chi connectivity index (χ0) is 14.0. The Hall–Kier alpha value is -1.96. The van der Waals surface area contributed by atoms with Gasteiger partial charge in [-0.2, -0.15) is 0 Å². The van der Waals surface area contributed by atoms with Crippen molar-refractivity contribution >= 4 is 34.3 Å². The van der Waals surface area contributed by atoms with Crippen LogP contribution in [0, 0.1) is 5.92 Å². The Bertz CT molecular complexity index is 527. The Kier molecular flexibility index (Phi) is 3.79. The van der Waals surface area contributed by atoms with Crippen LogP contribution in [0.1, 0.15) is 23.0 Å². The van der Waals surface area contributed by atoms with Crippen LogP contribution in [0.4, 0.5) is 5.13 Å². The number of hydrogen-bond donors (Lipinski definition) is 1. The highest BCUT2D eigenvalue weighted by Gasteiger charge is 2.36. The van der Waals surface area contributed by atoms with E-state index in [0.29, 0.717) is 10.0 Å². The van der Waals surface area contributed by atoms with Gasteiger partial charge in [-0.25, -0.2) is 9.78 Å². The summed E-state index contributed by atoms with van der Waals surface area (Å²) >= 11 is 1.02. The molecule has 1 fully saturated rings. The van der Waals surface area contributed by atoms with Crippen molar-refractivity contribution in [3.05, 3.63) is 11.1 Å². The number of aliphatic carboxylic acids is 1. The zero-order valence-corrected chi connectivity index (χ0v) is 11.0. The van der Waals surface area contributed by atoms with E-state index in [1.54, 1.807) is 6.92 Å². The summed E-state index contributed by atoms with van der Waals surface area (Å²) in [7, 11) is 0. The normalized spacial score (nSPS) is 18.7. The van der Waals surface area contributed by atoms with Crippen molar-refractivity contribution in [3.63, 3.8) is 0 Å². The second-order valence-corrected chi connectivity index (χ2v) is 4.98. The van der Waals surface area contributed by atoms with Gasteiger partial charge >= 0.3 is 11.9 Å². The molecule has 19 heavy (non-hydrogen) atoms. The lowest BCUT2D eigenvalue weighted by atomic mass is 10.1. The number of esters is 1. The highest BCUT2D eigenvalue weighted by Crippen LogP contribution is 2.29. The number of amides is 1. The number of anilines is 1. The summed E-state index contributed by atoms with van der Waals surface area (Å²) in [6.45, 7) is 2.04. The van der Waals surface area contributed by atoms with Gasteiger partial charge in [0, 0.05) is 13.0 Å². The molecule has 102 valence electrons. The monoisotopic (exact) mass is 284 g/mol. The lowest BCUT2D eigenvalue weighted by molar-refractivity contribution is -0.141. The quantitative estimate of drug-likeness (QED) is 0.820. The van der Waals surface area contributed by atoms with Crippen LogP contribution < -0.4 is 4.90 Å². The molecule has 2 rings (SSSR count). The van der Waals surface area contributed by atoms with Crippen LogP contribution in [0.2, 0.25) is 0 Å². The Morgan fingerprint density at radius 3 is 2.95 bits per heavy atom. The van der Waals surface area contributed by atoms with Crippen molar-refractivity contribution < 1.29 is 24.2 Å². The Labute approximate surface area is 112 Å². The fourth-order valence-electron chi connectivity index (χ4n) is 1.74. The van der Waals surface area contributed by atoms with Gasteiger partial charge in [0.2, 0.25) is 5.91 Å². The summed E-state index contributed by atoms with van der Waals surface area (Å²) in [4.78, 5) is 39.6. The van der Waals surface area contributed by atoms with Gasteiger partial charge in [-0.05, 0) is 6.92 Å². The number of carbonyl (C=O) groups excluding carboxylic acids is 2. The first-order chi connectivity index (χ1) is 9.02. The maximum atomic E-state index is 11.7. The molecule has 0 spiro atoms. The lowest BCUT2D eigenvalue weighted by Gasteiger charge is -2.11. The molecule has 7 nitrogen and oxygen atoms in total. The zero-order valence-electron chi connectivity index (χ0n) is 10.2.